The summed E-state index contributed by atoms with van der Waals surface area (Å²) >= 11 is 0. The second kappa shape index (κ2) is 5.76. The average Bonchev–Trinajstić information content (AvgIpc) is 3.00. The molecule has 5 nitrogen and oxygen atoms in total. The molecule has 0 radical (unpaired) electrons. The van der Waals surface area contributed by atoms with Crippen LogP contribution < -0.4 is 5.73 Å². The van der Waals surface area contributed by atoms with E-state index in [1.54, 1.807) is 12.1 Å². The maximum atomic E-state index is 9.28. The highest BCUT2D eigenvalue weighted by Crippen LogP contribution is 2.18. The summed E-state index contributed by atoms with van der Waals surface area (Å²) in [7, 11) is 0. The number of H-pyrrole nitrogens is 1. The second-order valence-electron chi connectivity index (χ2n) is 4.89. The SMILES string of the molecule is N[C@H](Cc1ccc(O)cc1)c1nc(-c2ccccc2)n[nH]1. The van der Waals surface area contributed by atoms with E-state index in [-0.39, 0.29) is 11.8 Å². The van der Waals surface area contributed by atoms with E-state index < -0.39 is 0 Å². The Hall–Kier alpha value is -2.66. The van der Waals surface area contributed by atoms with Crippen LogP contribution in [0.2, 0.25) is 0 Å². The fourth-order valence-corrected chi connectivity index (χ4v) is 2.14. The fraction of sp³-hybridized carbons (Fsp3) is 0.125. The van der Waals surface area contributed by atoms with Crippen LogP contribution in [0.15, 0.2) is 54.6 Å². The fourth-order valence-electron chi connectivity index (χ4n) is 2.14. The molecule has 0 aliphatic carbocycles. The molecule has 0 unspecified atom stereocenters. The number of aromatic hydroxyl groups is 1. The summed E-state index contributed by atoms with van der Waals surface area (Å²) in [5, 5.41) is 16.4. The van der Waals surface area contributed by atoms with Crippen molar-refractivity contribution in [2.75, 3.05) is 0 Å². The van der Waals surface area contributed by atoms with Gasteiger partial charge in [-0.25, -0.2) is 4.98 Å². The monoisotopic (exact) mass is 280 g/mol. The molecule has 5 heteroatoms. The van der Waals surface area contributed by atoms with Crippen LogP contribution in [0.25, 0.3) is 11.4 Å². The van der Waals surface area contributed by atoms with Crippen molar-refractivity contribution in [1.29, 1.82) is 0 Å². The van der Waals surface area contributed by atoms with Crippen LogP contribution >= 0.6 is 0 Å². The molecule has 1 heterocycles. The number of aromatic nitrogens is 3. The predicted molar refractivity (Wildman–Crippen MR) is 80.6 cm³/mol. The quantitative estimate of drug-likeness (QED) is 0.685. The Bertz CT molecular complexity index is 707. The van der Waals surface area contributed by atoms with Gasteiger partial charge in [0.15, 0.2) is 5.82 Å². The maximum absolute atomic E-state index is 9.28. The highest BCUT2D eigenvalue weighted by atomic mass is 16.3. The topological polar surface area (TPSA) is 87.8 Å². The van der Waals surface area contributed by atoms with Crippen LogP contribution in [0.1, 0.15) is 17.4 Å². The molecule has 1 atom stereocenters. The van der Waals surface area contributed by atoms with Gasteiger partial charge in [-0.3, -0.25) is 5.10 Å². The van der Waals surface area contributed by atoms with Crippen molar-refractivity contribution in [2.24, 2.45) is 5.73 Å². The summed E-state index contributed by atoms with van der Waals surface area (Å²) in [4.78, 5) is 4.45. The molecular formula is C16H16N4O. The van der Waals surface area contributed by atoms with Crippen LogP contribution in [-0.4, -0.2) is 20.3 Å². The lowest BCUT2D eigenvalue weighted by atomic mass is 10.1. The van der Waals surface area contributed by atoms with Crippen molar-refractivity contribution in [2.45, 2.75) is 12.5 Å². The average molecular weight is 280 g/mol. The number of rotatable bonds is 4. The van der Waals surface area contributed by atoms with Crippen molar-refractivity contribution in [3.63, 3.8) is 0 Å². The normalized spacial score (nSPS) is 12.2. The number of phenolic OH excluding ortho intramolecular Hbond substituents is 1. The van der Waals surface area contributed by atoms with Gasteiger partial charge in [0.2, 0.25) is 0 Å². The minimum atomic E-state index is -0.264. The first-order chi connectivity index (χ1) is 10.2. The Kier molecular flexibility index (Phi) is 3.66. The van der Waals surface area contributed by atoms with Gasteiger partial charge in [-0.1, -0.05) is 42.5 Å². The van der Waals surface area contributed by atoms with Crippen molar-refractivity contribution < 1.29 is 5.11 Å². The predicted octanol–water partition coefficient (Wildman–Crippen LogP) is 2.42. The molecule has 0 saturated heterocycles. The molecule has 3 rings (SSSR count). The van der Waals surface area contributed by atoms with Crippen molar-refractivity contribution in [3.8, 4) is 17.1 Å². The first kappa shape index (κ1) is 13.3. The number of phenols is 1. The van der Waals surface area contributed by atoms with Gasteiger partial charge in [-0.2, -0.15) is 5.10 Å². The molecule has 4 N–H and O–H groups in total. The third-order valence-electron chi connectivity index (χ3n) is 3.28. The number of benzene rings is 2. The maximum Gasteiger partial charge on any atom is 0.181 e. The number of aromatic amines is 1. The highest BCUT2D eigenvalue weighted by molar-refractivity contribution is 5.53. The lowest BCUT2D eigenvalue weighted by Gasteiger charge is -2.08. The van der Waals surface area contributed by atoms with E-state index in [1.807, 2.05) is 42.5 Å². The van der Waals surface area contributed by atoms with Crippen molar-refractivity contribution >= 4 is 0 Å². The summed E-state index contributed by atoms with van der Waals surface area (Å²) in [5.41, 5.74) is 8.16. The van der Waals surface area contributed by atoms with Gasteiger partial charge >= 0.3 is 0 Å². The Morgan fingerprint density at radius 2 is 1.76 bits per heavy atom. The lowest BCUT2D eigenvalue weighted by molar-refractivity contribution is 0.475. The molecule has 0 bridgehead atoms. The largest absolute Gasteiger partial charge is 0.508 e. The van der Waals surface area contributed by atoms with Gasteiger partial charge in [0.05, 0.1) is 6.04 Å². The van der Waals surface area contributed by atoms with Crippen LogP contribution in [0, 0.1) is 0 Å². The molecule has 0 aliphatic heterocycles. The number of nitrogens with zero attached hydrogens (tertiary/aromatic N) is 2. The standard InChI is InChI=1S/C16H16N4O/c17-14(10-11-6-8-13(21)9-7-11)16-18-15(19-20-16)12-4-2-1-3-5-12/h1-9,14,21H,10,17H2,(H,18,19,20)/t14-/m1/s1. The van der Waals surface area contributed by atoms with E-state index in [9.17, 15) is 5.11 Å². The third-order valence-corrected chi connectivity index (χ3v) is 3.28. The van der Waals surface area contributed by atoms with Gasteiger partial charge in [0, 0.05) is 5.56 Å². The van der Waals surface area contributed by atoms with Crippen molar-refractivity contribution in [1.82, 2.24) is 15.2 Å². The smallest absolute Gasteiger partial charge is 0.181 e. The third kappa shape index (κ3) is 3.09. The van der Waals surface area contributed by atoms with E-state index in [2.05, 4.69) is 15.2 Å². The zero-order valence-electron chi connectivity index (χ0n) is 11.4. The molecule has 3 aromatic rings. The highest BCUT2D eigenvalue weighted by Gasteiger charge is 2.13. The molecule has 0 saturated carbocycles. The van der Waals surface area contributed by atoms with Crippen LogP contribution in [-0.2, 0) is 6.42 Å². The Morgan fingerprint density at radius 3 is 2.48 bits per heavy atom. The van der Waals surface area contributed by atoms with E-state index in [1.165, 1.54) is 0 Å². The number of nitrogens with two attached hydrogens (primary N) is 1. The van der Waals surface area contributed by atoms with E-state index >= 15 is 0 Å². The molecule has 2 aromatic carbocycles. The number of hydrogen-bond acceptors (Lipinski definition) is 4. The second-order valence-corrected chi connectivity index (χ2v) is 4.89. The Labute approximate surface area is 122 Å². The number of hydrogen-bond donors (Lipinski definition) is 3. The number of nitrogens with one attached hydrogen (secondary N) is 1. The van der Waals surface area contributed by atoms with E-state index in [0.717, 1.165) is 11.1 Å². The Balaban J connectivity index is 1.75. The summed E-state index contributed by atoms with van der Waals surface area (Å²) in [6, 6.07) is 16.5. The summed E-state index contributed by atoms with van der Waals surface area (Å²) < 4.78 is 0. The lowest BCUT2D eigenvalue weighted by Crippen LogP contribution is -2.15. The Morgan fingerprint density at radius 1 is 1.05 bits per heavy atom. The zero-order valence-corrected chi connectivity index (χ0v) is 11.4. The molecule has 0 amide bonds. The van der Waals surface area contributed by atoms with Crippen LogP contribution in [0.5, 0.6) is 5.75 Å². The van der Waals surface area contributed by atoms with Gasteiger partial charge in [0.25, 0.3) is 0 Å². The van der Waals surface area contributed by atoms with Crippen LogP contribution in [0.3, 0.4) is 0 Å². The van der Waals surface area contributed by atoms with Crippen LogP contribution in [0.4, 0.5) is 0 Å². The molecule has 1 aromatic heterocycles. The van der Waals surface area contributed by atoms with Gasteiger partial charge in [-0.15, -0.1) is 0 Å². The van der Waals surface area contributed by atoms with Gasteiger partial charge < -0.3 is 10.8 Å². The summed E-state index contributed by atoms with van der Waals surface area (Å²) in [6.07, 6.45) is 0.629. The molecule has 0 fully saturated rings. The zero-order chi connectivity index (χ0) is 14.7. The summed E-state index contributed by atoms with van der Waals surface area (Å²) in [5.74, 6) is 1.55. The van der Waals surface area contributed by atoms with Crippen molar-refractivity contribution in [3.05, 3.63) is 66.0 Å². The summed E-state index contributed by atoms with van der Waals surface area (Å²) in [6.45, 7) is 0. The van der Waals surface area contributed by atoms with E-state index in [0.29, 0.717) is 18.1 Å². The first-order valence-corrected chi connectivity index (χ1v) is 6.73. The molecule has 21 heavy (non-hydrogen) atoms. The first-order valence-electron chi connectivity index (χ1n) is 6.73. The van der Waals surface area contributed by atoms with E-state index in [4.69, 9.17) is 5.73 Å². The molecule has 106 valence electrons. The molecule has 0 aliphatic rings. The molecular weight excluding hydrogens is 264 g/mol. The minimum Gasteiger partial charge on any atom is -0.508 e. The molecule has 0 spiro atoms. The van der Waals surface area contributed by atoms with Gasteiger partial charge in [0.1, 0.15) is 11.6 Å². The van der Waals surface area contributed by atoms with Gasteiger partial charge in [-0.05, 0) is 24.1 Å². The minimum absolute atomic E-state index is 0.248.